The highest BCUT2D eigenvalue weighted by atomic mass is 15.2. The van der Waals surface area contributed by atoms with Crippen molar-refractivity contribution in [3.05, 3.63) is 263 Å². The van der Waals surface area contributed by atoms with Crippen LogP contribution in [0, 0.1) is 0 Å². The van der Waals surface area contributed by atoms with Gasteiger partial charge in [-0.05, 0) is 163 Å². The molecule has 10 aromatic carbocycles. The van der Waals surface area contributed by atoms with Crippen LogP contribution in [0.1, 0.15) is 93.3 Å². The summed E-state index contributed by atoms with van der Waals surface area (Å²) in [5.74, 6) is 0. The van der Waals surface area contributed by atoms with Gasteiger partial charge in [-0.2, -0.15) is 0 Å². The van der Waals surface area contributed by atoms with Crippen LogP contribution in [0.4, 0.5) is 51.2 Å². The average molecular weight is 954 g/mol. The first-order chi connectivity index (χ1) is 35.9. The Kier molecular flexibility index (Phi) is 9.76. The first-order valence-corrected chi connectivity index (χ1v) is 26.5. The van der Waals surface area contributed by atoms with Gasteiger partial charge in [0.05, 0.1) is 17.1 Å². The predicted octanol–water partition coefficient (Wildman–Crippen LogP) is 19.7. The number of hydrogen-bond acceptors (Lipinski definition) is 3. The molecule has 0 N–H and O–H groups in total. The summed E-state index contributed by atoms with van der Waals surface area (Å²) < 4.78 is 0. The molecule has 0 radical (unpaired) electrons. The van der Waals surface area contributed by atoms with E-state index in [4.69, 9.17) is 0 Å². The largest absolute Gasteiger partial charge is 0.310 e. The minimum Gasteiger partial charge on any atom is -0.310 e. The van der Waals surface area contributed by atoms with Crippen molar-refractivity contribution in [1.82, 2.24) is 0 Å². The van der Waals surface area contributed by atoms with E-state index < -0.39 is 5.41 Å². The van der Waals surface area contributed by atoms with Gasteiger partial charge in [-0.25, -0.2) is 0 Å². The summed E-state index contributed by atoms with van der Waals surface area (Å²) in [6, 6.07) is 77.7. The molecule has 3 heteroatoms. The third kappa shape index (κ3) is 6.65. The molecular weight excluding hydrogens is 895 g/mol. The Balaban J connectivity index is 1.01. The number of rotatable bonds is 8. The molecule has 4 aliphatic rings. The van der Waals surface area contributed by atoms with Crippen LogP contribution in [0.15, 0.2) is 224 Å². The highest BCUT2D eigenvalue weighted by Crippen LogP contribution is 2.67. The van der Waals surface area contributed by atoms with Crippen LogP contribution in [0.3, 0.4) is 0 Å². The van der Waals surface area contributed by atoms with Crippen molar-refractivity contribution in [2.75, 3.05) is 14.7 Å². The van der Waals surface area contributed by atoms with Crippen molar-refractivity contribution >= 4 is 78.3 Å². The second-order valence-electron chi connectivity index (χ2n) is 22.5. The third-order valence-electron chi connectivity index (χ3n) is 17.1. The Hall–Kier alpha value is -8.40. The predicted molar refractivity (Wildman–Crippen MR) is 314 cm³/mol. The number of para-hydroxylation sites is 1. The van der Waals surface area contributed by atoms with Crippen LogP contribution in [0.5, 0.6) is 0 Å². The summed E-state index contributed by atoms with van der Waals surface area (Å²) in [5, 5.41) is 4.91. The molecule has 14 rings (SSSR count). The van der Waals surface area contributed by atoms with E-state index in [1.807, 2.05) is 0 Å². The van der Waals surface area contributed by atoms with Crippen molar-refractivity contribution in [2.24, 2.45) is 0 Å². The minimum atomic E-state index is -0.419. The Labute approximate surface area is 436 Å². The van der Waals surface area contributed by atoms with E-state index in [0.717, 1.165) is 47.0 Å². The highest BCUT2D eigenvalue weighted by molar-refractivity contribution is 6.01. The van der Waals surface area contributed by atoms with Crippen molar-refractivity contribution in [3.8, 4) is 11.1 Å². The zero-order valence-electron chi connectivity index (χ0n) is 43.1. The highest BCUT2D eigenvalue weighted by Gasteiger charge is 2.52. The standard InChI is InChI=1S/C71H59N3/c1-69(2)60-26-17-27-61-66(60)74-67-62(69)42-58(72(56-38-32-48-22-13-15-24-52(48)40-56)54-34-28-50(29-35-54)46-18-9-7-10-19-46)44-64(67)71(5,6)65-45-59(43-63(68(65)74)70(61,3)4)73(57-39-33-49-23-14-16-25-53(49)41-57)55-36-30-51(31-37-55)47-20-11-8-12-21-47/h7,9-11,13-45H,8,12H2,1-6H3. The van der Waals surface area contributed by atoms with Gasteiger partial charge in [0.2, 0.25) is 0 Å². The van der Waals surface area contributed by atoms with Gasteiger partial charge in [0, 0.05) is 50.4 Å². The van der Waals surface area contributed by atoms with Crippen LogP contribution in [0.25, 0.3) is 38.2 Å². The zero-order valence-corrected chi connectivity index (χ0v) is 43.1. The van der Waals surface area contributed by atoms with E-state index in [2.05, 4.69) is 281 Å². The molecular formula is C71H59N3. The van der Waals surface area contributed by atoms with Crippen molar-refractivity contribution in [3.63, 3.8) is 0 Å². The fourth-order valence-corrected chi connectivity index (χ4v) is 13.0. The molecule has 3 nitrogen and oxygen atoms in total. The Morgan fingerprint density at radius 2 is 0.730 bits per heavy atom. The van der Waals surface area contributed by atoms with Crippen LogP contribution >= 0.6 is 0 Å². The third-order valence-corrected chi connectivity index (χ3v) is 17.1. The van der Waals surface area contributed by atoms with Gasteiger partial charge in [0.15, 0.2) is 0 Å². The lowest BCUT2D eigenvalue weighted by molar-refractivity contribution is 0.567. The molecule has 0 unspecified atom stereocenters. The number of allylic oxidation sites excluding steroid dienone is 4. The fourth-order valence-electron chi connectivity index (χ4n) is 13.0. The molecule has 0 saturated heterocycles. The van der Waals surface area contributed by atoms with E-state index >= 15 is 0 Å². The molecule has 10 aromatic rings. The Morgan fingerprint density at radius 1 is 0.324 bits per heavy atom. The fraction of sp³-hybridized carbons (Fsp3) is 0.155. The smallest absolute Gasteiger partial charge is 0.0545 e. The molecule has 0 saturated carbocycles. The van der Waals surface area contributed by atoms with Gasteiger partial charge >= 0.3 is 0 Å². The Bertz CT molecular complexity index is 3980. The first-order valence-electron chi connectivity index (χ1n) is 26.5. The number of hydrogen-bond donors (Lipinski definition) is 0. The van der Waals surface area contributed by atoms with E-state index in [-0.39, 0.29) is 10.8 Å². The SMILES string of the molecule is CC1(C)c2cccc3c2N2c4c1cc(N(c1ccc(C5=CCCC=C5)cc1)c1ccc5ccccc5c1)cc4C(C)(C)c1cc(N(c4ccc(-c5ccccc5)cc4)c4ccc5ccccc5c4)cc(c12)C3(C)C. The van der Waals surface area contributed by atoms with Gasteiger partial charge < -0.3 is 14.7 Å². The average Bonchev–Trinajstić information content (AvgIpc) is 3.63. The summed E-state index contributed by atoms with van der Waals surface area (Å²) in [7, 11) is 0. The monoisotopic (exact) mass is 953 g/mol. The lowest BCUT2D eigenvalue weighted by atomic mass is 9.60. The number of anilines is 9. The van der Waals surface area contributed by atoms with E-state index in [1.165, 1.54) is 94.3 Å². The molecule has 358 valence electrons. The van der Waals surface area contributed by atoms with Crippen LogP contribution in [-0.4, -0.2) is 0 Å². The van der Waals surface area contributed by atoms with Gasteiger partial charge in [-0.3, -0.25) is 0 Å². The summed E-state index contributed by atoms with van der Waals surface area (Å²) in [5.41, 5.74) is 22.8. The van der Waals surface area contributed by atoms with E-state index in [1.54, 1.807) is 0 Å². The molecule has 0 fully saturated rings. The molecule has 0 spiro atoms. The summed E-state index contributed by atoms with van der Waals surface area (Å²) in [4.78, 5) is 7.70. The molecule has 0 atom stereocenters. The van der Waals surface area contributed by atoms with Gasteiger partial charge in [-0.15, -0.1) is 0 Å². The molecule has 74 heavy (non-hydrogen) atoms. The van der Waals surface area contributed by atoms with Gasteiger partial charge in [0.25, 0.3) is 0 Å². The van der Waals surface area contributed by atoms with Crippen LogP contribution < -0.4 is 14.7 Å². The summed E-state index contributed by atoms with van der Waals surface area (Å²) >= 11 is 0. The molecule has 3 aliphatic heterocycles. The topological polar surface area (TPSA) is 9.72 Å². The first kappa shape index (κ1) is 44.3. The van der Waals surface area contributed by atoms with Crippen LogP contribution in [0.2, 0.25) is 0 Å². The second-order valence-corrected chi connectivity index (χ2v) is 22.5. The van der Waals surface area contributed by atoms with Gasteiger partial charge in [-0.1, -0.05) is 193 Å². The molecule has 0 bridgehead atoms. The number of benzene rings is 10. The number of nitrogens with zero attached hydrogens (tertiary/aromatic N) is 3. The molecule has 0 amide bonds. The van der Waals surface area contributed by atoms with Crippen LogP contribution in [-0.2, 0) is 16.2 Å². The van der Waals surface area contributed by atoms with Crippen molar-refractivity contribution in [2.45, 2.75) is 70.6 Å². The normalized spacial score (nSPS) is 15.9. The zero-order chi connectivity index (χ0) is 50.1. The van der Waals surface area contributed by atoms with Gasteiger partial charge in [0.1, 0.15) is 0 Å². The van der Waals surface area contributed by atoms with E-state index in [9.17, 15) is 0 Å². The van der Waals surface area contributed by atoms with Crippen molar-refractivity contribution < 1.29 is 0 Å². The summed E-state index contributed by atoms with van der Waals surface area (Å²) in [6.45, 7) is 14.8. The van der Waals surface area contributed by atoms with E-state index in [0.29, 0.717) is 0 Å². The maximum Gasteiger partial charge on any atom is 0.0545 e. The maximum atomic E-state index is 2.70. The molecule has 3 heterocycles. The second kappa shape index (κ2) is 16.3. The lowest BCUT2D eigenvalue weighted by Gasteiger charge is -2.55. The molecule has 0 aromatic heterocycles. The molecule has 1 aliphatic carbocycles. The lowest BCUT2D eigenvalue weighted by Crippen LogP contribution is -2.44. The quantitative estimate of drug-likeness (QED) is 0.150. The number of fused-ring (bicyclic) bond motifs is 2. The Morgan fingerprint density at radius 3 is 1.20 bits per heavy atom. The minimum absolute atomic E-state index is 0.305. The van der Waals surface area contributed by atoms with Crippen molar-refractivity contribution in [1.29, 1.82) is 0 Å². The summed E-state index contributed by atoms with van der Waals surface area (Å²) in [6.07, 6.45) is 9.13. The maximum absolute atomic E-state index is 2.70.